The quantitative estimate of drug-likeness (QED) is 0.818. The van der Waals surface area contributed by atoms with Gasteiger partial charge in [0.05, 0.1) is 12.0 Å². The van der Waals surface area contributed by atoms with Crippen molar-refractivity contribution in [3.05, 3.63) is 0 Å². The summed E-state index contributed by atoms with van der Waals surface area (Å²) in [6.45, 7) is 7.59. The average Bonchev–Trinajstić information content (AvgIpc) is 2.38. The molecular weight excluding hydrogens is 264 g/mol. The van der Waals surface area contributed by atoms with Crippen molar-refractivity contribution in [1.29, 1.82) is 0 Å². The predicted molar refractivity (Wildman–Crippen MR) is 85.1 cm³/mol. The lowest BCUT2D eigenvalue weighted by Gasteiger charge is -2.34. The van der Waals surface area contributed by atoms with E-state index in [1.54, 1.807) is 0 Å². The lowest BCUT2D eigenvalue weighted by molar-refractivity contribution is -0.128. The number of rotatable bonds is 5. The van der Waals surface area contributed by atoms with Crippen molar-refractivity contribution in [2.75, 3.05) is 19.6 Å². The Hall–Kier alpha value is -0.610. The standard InChI is InChI=1S/C17H32N2O2/c1-14-7-6-10-19(12-14)13-15(2)18-16(20)11-17(21)8-4-3-5-9-17/h14-15,21H,3-13H2,1-2H3,(H,18,20). The maximum atomic E-state index is 12.1. The zero-order valence-electron chi connectivity index (χ0n) is 13.7. The molecule has 2 rings (SSSR count). The molecule has 1 saturated carbocycles. The molecule has 4 nitrogen and oxygen atoms in total. The minimum Gasteiger partial charge on any atom is -0.389 e. The third kappa shape index (κ3) is 5.59. The van der Waals surface area contributed by atoms with Crippen LogP contribution < -0.4 is 5.32 Å². The van der Waals surface area contributed by atoms with Crippen molar-refractivity contribution in [2.45, 2.75) is 76.9 Å². The molecule has 4 heteroatoms. The summed E-state index contributed by atoms with van der Waals surface area (Å²) in [6, 6.07) is 0.162. The van der Waals surface area contributed by atoms with Crippen LogP contribution in [0.15, 0.2) is 0 Å². The Labute approximate surface area is 129 Å². The van der Waals surface area contributed by atoms with Gasteiger partial charge in [-0.05, 0) is 45.1 Å². The molecular formula is C17H32N2O2. The van der Waals surface area contributed by atoms with Crippen LogP contribution in [0.25, 0.3) is 0 Å². The van der Waals surface area contributed by atoms with Crippen molar-refractivity contribution in [1.82, 2.24) is 10.2 Å². The number of carbonyl (C=O) groups is 1. The van der Waals surface area contributed by atoms with E-state index < -0.39 is 5.60 Å². The Morgan fingerprint density at radius 3 is 2.71 bits per heavy atom. The molecule has 2 atom stereocenters. The molecule has 2 N–H and O–H groups in total. The van der Waals surface area contributed by atoms with Crippen LogP contribution in [-0.2, 0) is 4.79 Å². The summed E-state index contributed by atoms with van der Waals surface area (Å²) >= 11 is 0. The normalized spacial score (nSPS) is 28.0. The monoisotopic (exact) mass is 296 g/mol. The van der Waals surface area contributed by atoms with Crippen LogP contribution in [0.5, 0.6) is 0 Å². The predicted octanol–water partition coefficient (Wildman–Crippen LogP) is 2.31. The topological polar surface area (TPSA) is 52.6 Å². The second-order valence-corrected chi connectivity index (χ2v) is 7.44. The first kappa shape index (κ1) is 16.8. The van der Waals surface area contributed by atoms with Crippen LogP contribution in [-0.4, -0.2) is 47.2 Å². The molecule has 2 unspecified atom stereocenters. The lowest BCUT2D eigenvalue weighted by Crippen LogP contribution is -2.47. The van der Waals surface area contributed by atoms with Gasteiger partial charge in [0, 0.05) is 19.1 Å². The molecule has 2 aliphatic rings. The van der Waals surface area contributed by atoms with Gasteiger partial charge in [-0.3, -0.25) is 4.79 Å². The second kappa shape index (κ2) is 7.59. The first-order valence-corrected chi connectivity index (χ1v) is 8.71. The molecule has 1 aliphatic carbocycles. The maximum Gasteiger partial charge on any atom is 0.223 e. The fourth-order valence-electron chi connectivity index (χ4n) is 3.90. The Morgan fingerprint density at radius 1 is 1.33 bits per heavy atom. The molecule has 1 amide bonds. The SMILES string of the molecule is CC1CCCN(CC(C)NC(=O)CC2(O)CCCCC2)C1. The molecule has 2 fully saturated rings. The van der Waals surface area contributed by atoms with Gasteiger partial charge in [-0.25, -0.2) is 0 Å². The minimum atomic E-state index is -0.748. The Morgan fingerprint density at radius 2 is 2.05 bits per heavy atom. The molecule has 122 valence electrons. The molecule has 0 aromatic carbocycles. The average molecular weight is 296 g/mol. The lowest BCUT2D eigenvalue weighted by atomic mass is 9.82. The zero-order valence-corrected chi connectivity index (χ0v) is 13.7. The molecule has 1 saturated heterocycles. The largest absolute Gasteiger partial charge is 0.389 e. The first-order valence-electron chi connectivity index (χ1n) is 8.71. The smallest absolute Gasteiger partial charge is 0.223 e. The molecule has 21 heavy (non-hydrogen) atoms. The van der Waals surface area contributed by atoms with Crippen molar-refractivity contribution in [2.24, 2.45) is 5.92 Å². The zero-order chi connectivity index (χ0) is 15.3. The van der Waals surface area contributed by atoms with Gasteiger partial charge in [0.15, 0.2) is 0 Å². The van der Waals surface area contributed by atoms with Crippen LogP contribution in [0.2, 0.25) is 0 Å². The Balaban J connectivity index is 1.71. The van der Waals surface area contributed by atoms with Crippen LogP contribution in [0.3, 0.4) is 0 Å². The number of hydrogen-bond donors (Lipinski definition) is 2. The number of nitrogens with zero attached hydrogens (tertiary/aromatic N) is 1. The summed E-state index contributed by atoms with van der Waals surface area (Å²) in [5, 5.41) is 13.5. The van der Waals surface area contributed by atoms with E-state index in [2.05, 4.69) is 24.1 Å². The molecule has 0 radical (unpaired) electrons. The van der Waals surface area contributed by atoms with E-state index in [0.717, 1.165) is 51.2 Å². The Kier molecular flexibility index (Phi) is 6.06. The van der Waals surface area contributed by atoms with E-state index in [-0.39, 0.29) is 18.4 Å². The van der Waals surface area contributed by atoms with Crippen LogP contribution in [0, 0.1) is 5.92 Å². The van der Waals surface area contributed by atoms with E-state index in [1.165, 1.54) is 19.3 Å². The number of amides is 1. The third-order valence-corrected chi connectivity index (χ3v) is 4.95. The summed E-state index contributed by atoms with van der Waals surface area (Å²) in [7, 11) is 0. The van der Waals surface area contributed by atoms with Gasteiger partial charge in [0.25, 0.3) is 0 Å². The van der Waals surface area contributed by atoms with Gasteiger partial charge in [-0.2, -0.15) is 0 Å². The van der Waals surface area contributed by atoms with E-state index in [9.17, 15) is 9.90 Å². The molecule has 0 spiro atoms. The summed E-state index contributed by atoms with van der Waals surface area (Å²) in [4.78, 5) is 14.6. The summed E-state index contributed by atoms with van der Waals surface area (Å²) < 4.78 is 0. The highest BCUT2D eigenvalue weighted by atomic mass is 16.3. The second-order valence-electron chi connectivity index (χ2n) is 7.44. The fraction of sp³-hybridized carbons (Fsp3) is 0.941. The molecule has 1 heterocycles. The third-order valence-electron chi connectivity index (χ3n) is 4.95. The number of aliphatic hydroxyl groups is 1. The van der Waals surface area contributed by atoms with Crippen LogP contribution in [0.1, 0.15) is 65.2 Å². The van der Waals surface area contributed by atoms with Crippen molar-refractivity contribution < 1.29 is 9.90 Å². The van der Waals surface area contributed by atoms with Crippen molar-refractivity contribution >= 4 is 5.91 Å². The van der Waals surface area contributed by atoms with Crippen LogP contribution >= 0.6 is 0 Å². The Bertz CT molecular complexity index is 340. The molecule has 1 aliphatic heterocycles. The summed E-state index contributed by atoms with van der Waals surface area (Å²) in [5.41, 5.74) is -0.748. The fourth-order valence-corrected chi connectivity index (χ4v) is 3.90. The molecule has 0 bridgehead atoms. The maximum absolute atomic E-state index is 12.1. The van der Waals surface area contributed by atoms with Gasteiger partial charge in [0.1, 0.15) is 0 Å². The van der Waals surface area contributed by atoms with E-state index in [0.29, 0.717) is 0 Å². The highest BCUT2D eigenvalue weighted by Gasteiger charge is 2.32. The molecule has 0 aromatic rings. The number of piperidine rings is 1. The highest BCUT2D eigenvalue weighted by molar-refractivity contribution is 5.77. The van der Waals surface area contributed by atoms with Crippen molar-refractivity contribution in [3.8, 4) is 0 Å². The van der Waals surface area contributed by atoms with E-state index in [4.69, 9.17) is 0 Å². The van der Waals surface area contributed by atoms with Gasteiger partial charge < -0.3 is 15.3 Å². The number of carbonyl (C=O) groups excluding carboxylic acids is 1. The minimum absolute atomic E-state index is 0.0111. The molecule has 0 aromatic heterocycles. The van der Waals surface area contributed by atoms with E-state index >= 15 is 0 Å². The van der Waals surface area contributed by atoms with Gasteiger partial charge >= 0.3 is 0 Å². The van der Waals surface area contributed by atoms with Crippen molar-refractivity contribution in [3.63, 3.8) is 0 Å². The van der Waals surface area contributed by atoms with Gasteiger partial charge in [0.2, 0.25) is 5.91 Å². The number of hydrogen-bond acceptors (Lipinski definition) is 3. The van der Waals surface area contributed by atoms with Crippen LogP contribution in [0.4, 0.5) is 0 Å². The van der Waals surface area contributed by atoms with E-state index in [1.807, 2.05) is 0 Å². The highest BCUT2D eigenvalue weighted by Crippen LogP contribution is 2.30. The number of likely N-dealkylation sites (tertiary alicyclic amines) is 1. The summed E-state index contributed by atoms with van der Waals surface area (Å²) in [5.74, 6) is 0.779. The van der Waals surface area contributed by atoms with Gasteiger partial charge in [-0.1, -0.05) is 26.2 Å². The first-order chi connectivity index (χ1) is 9.97. The van der Waals surface area contributed by atoms with Gasteiger partial charge in [-0.15, -0.1) is 0 Å². The summed E-state index contributed by atoms with van der Waals surface area (Å²) in [6.07, 6.45) is 7.69. The number of nitrogens with one attached hydrogen (secondary N) is 1.